The summed E-state index contributed by atoms with van der Waals surface area (Å²) in [5.41, 5.74) is 1.79. The van der Waals surface area contributed by atoms with Gasteiger partial charge in [0.25, 0.3) is 0 Å². The summed E-state index contributed by atoms with van der Waals surface area (Å²) in [6, 6.07) is 5.98. The van der Waals surface area contributed by atoms with E-state index in [1.54, 1.807) is 7.11 Å². The second-order valence-corrected chi connectivity index (χ2v) is 3.92. The Morgan fingerprint density at radius 2 is 2.33 bits per heavy atom. The molecule has 1 unspecified atom stereocenters. The van der Waals surface area contributed by atoms with Crippen molar-refractivity contribution in [3.63, 3.8) is 0 Å². The number of carbonyl (C=O) groups is 1. The van der Waals surface area contributed by atoms with Gasteiger partial charge in [-0.1, -0.05) is 0 Å². The molecular weight excluding hydrogens is 190 g/mol. The first-order valence-electron chi connectivity index (χ1n) is 5.12. The number of rotatable bonds is 4. The Kier molecular flexibility index (Phi) is 2.73. The third-order valence-electron chi connectivity index (χ3n) is 2.64. The van der Waals surface area contributed by atoms with Crippen molar-refractivity contribution in [3.8, 4) is 5.75 Å². The Morgan fingerprint density at radius 1 is 1.60 bits per heavy atom. The highest BCUT2D eigenvalue weighted by Gasteiger charge is 2.23. The van der Waals surface area contributed by atoms with Crippen molar-refractivity contribution >= 4 is 5.78 Å². The van der Waals surface area contributed by atoms with E-state index in [2.05, 4.69) is 5.32 Å². The largest absolute Gasteiger partial charge is 0.496 e. The van der Waals surface area contributed by atoms with Gasteiger partial charge in [-0.3, -0.25) is 4.79 Å². The standard InChI is InChI=1S/C12H15NO2/c1-8-5-9(3-4-12(8)15-2)11(14)6-10-7-13-10/h3-5,10,13H,6-7H2,1-2H3. The Labute approximate surface area is 89.4 Å². The van der Waals surface area contributed by atoms with Gasteiger partial charge in [-0.25, -0.2) is 0 Å². The zero-order valence-corrected chi connectivity index (χ0v) is 9.04. The van der Waals surface area contributed by atoms with E-state index in [4.69, 9.17) is 4.74 Å². The maximum absolute atomic E-state index is 11.8. The van der Waals surface area contributed by atoms with Crippen LogP contribution in [0.1, 0.15) is 22.3 Å². The minimum absolute atomic E-state index is 0.204. The molecule has 2 rings (SSSR count). The summed E-state index contributed by atoms with van der Waals surface area (Å²) in [4.78, 5) is 11.8. The molecule has 80 valence electrons. The van der Waals surface area contributed by atoms with Gasteiger partial charge in [0.15, 0.2) is 5.78 Å². The third kappa shape index (κ3) is 2.36. The first-order valence-corrected chi connectivity index (χ1v) is 5.12. The van der Waals surface area contributed by atoms with E-state index in [0.29, 0.717) is 12.5 Å². The summed E-state index contributed by atoms with van der Waals surface area (Å²) in [5, 5.41) is 3.13. The van der Waals surface area contributed by atoms with Crippen molar-refractivity contribution in [1.82, 2.24) is 5.32 Å². The van der Waals surface area contributed by atoms with Crippen LogP contribution in [0.2, 0.25) is 0 Å². The van der Waals surface area contributed by atoms with Crippen molar-refractivity contribution in [2.24, 2.45) is 0 Å². The summed E-state index contributed by atoms with van der Waals surface area (Å²) in [6.45, 7) is 2.92. The molecular formula is C12H15NO2. The highest BCUT2D eigenvalue weighted by molar-refractivity contribution is 5.97. The zero-order valence-electron chi connectivity index (χ0n) is 9.04. The lowest BCUT2D eigenvalue weighted by Crippen LogP contribution is -2.05. The van der Waals surface area contributed by atoms with Crippen LogP contribution in [0, 0.1) is 6.92 Å². The molecule has 1 N–H and O–H groups in total. The number of aryl methyl sites for hydroxylation is 1. The number of nitrogens with one attached hydrogen (secondary N) is 1. The lowest BCUT2D eigenvalue weighted by molar-refractivity contribution is 0.0982. The minimum Gasteiger partial charge on any atom is -0.496 e. The molecule has 0 aromatic heterocycles. The van der Waals surface area contributed by atoms with Crippen LogP contribution in [-0.2, 0) is 0 Å². The molecule has 1 aliphatic heterocycles. The maximum atomic E-state index is 11.8. The molecule has 1 heterocycles. The SMILES string of the molecule is COc1ccc(C(=O)CC2CN2)cc1C. The summed E-state index contributed by atoms with van der Waals surface area (Å²) in [6.07, 6.45) is 0.603. The first kappa shape index (κ1) is 10.2. The van der Waals surface area contributed by atoms with Crippen LogP contribution >= 0.6 is 0 Å². The first-order chi connectivity index (χ1) is 7.20. The molecule has 1 atom stereocenters. The van der Waals surface area contributed by atoms with E-state index in [0.717, 1.165) is 23.4 Å². The number of ether oxygens (including phenoxy) is 1. The molecule has 0 saturated carbocycles. The molecule has 1 aliphatic rings. The second kappa shape index (κ2) is 4.03. The second-order valence-electron chi connectivity index (χ2n) is 3.92. The number of methoxy groups -OCH3 is 1. The highest BCUT2D eigenvalue weighted by Crippen LogP contribution is 2.20. The average Bonchev–Trinajstić information content (AvgIpc) is 3.01. The van der Waals surface area contributed by atoms with Gasteiger partial charge in [0, 0.05) is 24.6 Å². The number of hydrogen-bond acceptors (Lipinski definition) is 3. The molecule has 1 fully saturated rings. The van der Waals surface area contributed by atoms with Crippen LogP contribution in [0.5, 0.6) is 5.75 Å². The number of Topliss-reactive ketones (excluding diaryl/α,β-unsaturated/α-hetero) is 1. The Bertz CT molecular complexity index is 383. The summed E-state index contributed by atoms with van der Waals surface area (Å²) in [5.74, 6) is 1.03. The molecule has 3 heteroatoms. The van der Waals surface area contributed by atoms with Gasteiger partial charge in [0.2, 0.25) is 0 Å². The van der Waals surface area contributed by atoms with Gasteiger partial charge >= 0.3 is 0 Å². The van der Waals surface area contributed by atoms with E-state index in [1.807, 2.05) is 25.1 Å². The fraction of sp³-hybridized carbons (Fsp3) is 0.417. The third-order valence-corrected chi connectivity index (χ3v) is 2.64. The van der Waals surface area contributed by atoms with E-state index in [-0.39, 0.29) is 5.78 Å². The monoisotopic (exact) mass is 205 g/mol. The van der Waals surface area contributed by atoms with E-state index in [1.165, 1.54) is 0 Å². The minimum atomic E-state index is 0.204. The van der Waals surface area contributed by atoms with Crippen LogP contribution in [-0.4, -0.2) is 25.5 Å². The molecule has 1 aromatic rings. The predicted molar refractivity (Wildman–Crippen MR) is 58.5 cm³/mol. The molecule has 15 heavy (non-hydrogen) atoms. The fourth-order valence-corrected chi connectivity index (χ4v) is 1.62. The summed E-state index contributed by atoms with van der Waals surface area (Å²) < 4.78 is 5.15. The fourth-order valence-electron chi connectivity index (χ4n) is 1.62. The Balaban J connectivity index is 2.13. The molecule has 0 radical (unpaired) electrons. The van der Waals surface area contributed by atoms with E-state index in [9.17, 15) is 4.79 Å². The van der Waals surface area contributed by atoms with Crippen molar-refractivity contribution < 1.29 is 9.53 Å². The normalized spacial score (nSPS) is 18.7. The quantitative estimate of drug-likeness (QED) is 0.599. The lowest BCUT2D eigenvalue weighted by atomic mass is 10.0. The van der Waals surface area contributed by atoms with Gasteiger partial charge in [0.05, 0.1) is 7.11 Å². The Morgan fingerprint density at radius 3 is 2.87 bits per heavy atom. The van der Waals surface area contributed by atoms with Crippen LogP contribution in [0.15, 0.2) is 18.2 Å². The van der Waals surface area contributed by atoms with Crippen LogP contribution in [0.4, 0.5) is 0 Å². The Hall–Kier alpha value is -1.35. The van der Waals surface area contributed by atoms with Crippen molar-refractivity contribution in [3.05, 3.63) is 29.3 Å². The number of hydrogen-bond donors (Lipinski definition) is 1. The smallest absolute Gasteiger partial charge is 0.164 e. The van der Waals surface area contributed by atoms with Crippen LogP contribution in [0.25, 0.3) is 0 Å². The molecule has 1 saturated heterocycles. The summed E-state index contributed by atoms with van der Waals surface area (Å²) in [7, 11) is 1.64. The number of benzene rings is 1. The number of ketones is 1. The van der Waals surface area contributed by atoms with E-state index >= 15 is 0 Å². The van der Waals surface area contributed by atoms with Crippen LogP contribution in [0.3, 0.4) is 0 Å². The van der Waals surface area contributed by atoms with E-state index < -0.39 is 0 Å². The molecule has 0 bridgehead atoms. The average molecular weight is 205 g/mol. The van der Waals surface area contributed by atoms with Gasteiger partial charge in [0.1, 0.15) is 5.75 Å². The number of carbonyl (C=O) groups excluding carboxylic acids is 1. The molecule has 0 amide bonds. The predicted octanol–water partition coefficient (Wildman–Crippen LogP) is 1.55. The zero-order chi connectivity index (χ0) is 10.8. The van der Waals surface area contributed by atoms with Crippen LogP contribution < -0.4 is 10.1 Å². The molecule has 3 nitrogen and oxygen atoms in total. The van der Waals surface area contributed by atoms with Gasteiger partial charge in [-0.2, -0.15) is 0 Å². The van der Waals surface area contributed by atoms with Gasteiger partial charge < -0.3 is 10.1 Å². The molecule has 0 spiro atoms. The highest BCUT2D eigenvalue weighted by atomic mass is 16.5. The lowest BCUT2D eigenvalue weighted by Gasteiger charge is -2.06. The van der Waals surface area contributed by atoms with Gasteiger partial charge in [-0.15, -0.1) is 0 Å². The van der Waals surface area contributed by atoms with Gasteiger partial charge in [-0.05, 0) is 30.7 Å². The molecule has 0 aliphatic carbocycles. The molecule has 1 aromatic carbocycles. The van der Waals surface area contributed by atoms with Crippen molar-refractivity contribution in [2.45, 2.75) is 19.4 Å². The van der Waals surface area contributed by atoms with Crippen molar-refractivity contribution in [2.75, 3.05) is 13.7 Å². The van der Waals surface area contributed by atoms with Crippen molar-refractivity contribution in [1.29, 1.82) is 0 Å². The topological polar surface area (TPSA) is 48.2 Å². The maximum Gasteiger partial charge on any atom is 0.164 e. The summed E-state index contributed by atoms with van der Waals surface area (Å²) >= 11 is 0.